The summed E-state index contributed by atoms with van der Waals surface area (Å²) in [4.78, 5) is 0. The summed E-state index contributed by atoms with van der Waals surface area (Å²) in [5.74, 6) is 0.754. The fourth-order valence-corrected chi connectivity index (χ4v) is 2.91. The van der Waals surface area contributed by atoms with Crippen molar-refractivity contribution < 1.29 is 4.74 Å². The zero-order valence-electron chi connectivity index (χ0n) is 11.7. The highest BCUT2D eigenvalue weighted by Crippen LogP contribution is 2.28. The topological polar surface area (TPSA) is 12.5 Å². The molecule has 0 aromatic rings. The van der Waals surface area contributed by atoms with Gasteiger partial charge in [0.15, 0.2) is 0 Å². The quantitative estimate of drug-likeness (QED) is 0.331. The van der Waals surface area contributed by atoms with Gasteiger partial charge in [0.25, 0.3) is 0 Å². The molecule has 0 N–H and O–H groups in total. The maximum atomic E-state index is 5.43. The molecule has 2 unspecified atom stereocenters. The summed E-state index contributed by atoms with van der Waals surface area (Å²) in [5, 5.41) is 0. The smallest absolute Gasteiger partial charge is 0.0838 e. The summed E-state index contributed by atoms with van der Waals surface area (Å²) >= 11 is 0. The minimum Gasteiger partial charge on any atom is -0.373 e. The molecule has 0 bridgehead atoms. The van der Waals surface area contributed by atoms with Crippen molar-refractivity contribution in [2.45, 2.75) is 57.5 Å². The van der Waals surface area contributed by atoms with Crippen LogP contribution in [0, 0.1) is 5.92 Å². The summed E-state index contributed by atoms with van der Waals surface area (Å²) in [7, 11) is -0.890. The Bertz CT molecular complexity index is 248. The first kappa shape index (κ1) is 14.7. The van der Waals surface area contributed by atoms with Crippen molar-refractivity contribution >= 4 is 8.07 Å². The predicted octanol–water partition coefficient (Wildman–Crippen LogP) is 4.64. The molecule has 0 amide bonds. The lowest BCUT2D eigenvalue weighted by molar-refractivity contribution is 0.305. The van der Waals surface area contributed by atoms with Crippen LogP contribution in [-0.2, 0) is 4.74 Å². The van der Waals surface area contributed by atoms with E-state index in [1.54, 1.807) is 0 Å². The minimum atomic E-state index is -0.890. The number of hydrogen-bond donors (Lipinski definition) is 0. The molecule has 2 atom stereocenters. The molecule has 0 aliphatic carbocycles. The highest BCUT2D eigenvalue weighted by Gasteiger charge is 2.31. The Morgan fingerprint density at radius 2 is 1.88 bits per heavy atom. The SMILES string of the molecule is C=CCCC(CC/C=C\C[Si](C)(C)C)C1CO1. The van der Waals surface area contributed by atoms with E-state index in [0.29, 0.717) is 6.10 Å². The van der Waals surface area contributed by atoms with E-state index >= 15 is 0 Å². The lowest BCUT2D eigenvalue weighted by atomic mass is 9.94. The fourth-order valence-electron chi connectivity index (χ4n) is 2.04. The van der Waals surface area contributed by atoms with Gasteiger partial charge in [-0.2, -0.15) is 0 Å². The maximum Gasteiger partial charge on any atom is 0.0838 e. The van der Waals surface area contributed by atoms with Gasteiger partial charge in [0.2, 0.25) is 0 Å². The maximum absolute atomic E-state index is 5.43. The van der Waals surface area contributed by atoms with E-state index in [4.69, 9.17) is 4.74 Å². The second-order valence-electron chi connectivity index (χ2n) is 6.31. The summed E-state index contributed by atoms with van der Waals surface area (Å²) in [5.41, 5.74) is 0. The molecule has 0 aromatic carbocycles. The van der Waals surface area contributed by atoms with Crippen LogP contribution in [0.15, 0.2) is 24.8 Å². The Hall–Kier alpha value is -0.343. The first-order valence-electron chi connectivity index (χ1n) is 6.90. The second-order valence-corrected chi connectivity index (χ2v) is 11.8. The summed E-state index contributed by atoms with van der Waals surface area (Å²) in [6.45, 7) is 12.0. The first-order valence-corrected chi connectivity index (χ1v) is 10.6. The van der Waals surface area contributed by atoms with E-state index in [0.717, 1.165) is 18.9 Å². The highest BCUT2D eigenvalue weighted by molar-refractivity contribution is 6.76. The molecule has 1 saturated heterocycles. The molecule has 0 saturated carbocycles. The molecule has 1 aliphatic heterocycles. The predicted molar refractivity (Wildman–Crippen MR) is 79.2 cm³/mol. The third-order valence-electron chi connectivity index (χ3n) is 3.23. The van der Waals surface area contributed by atoms with Crippen LogP contribution in [0.5, 0.6) is 0 Å². The lowest BCUT2D eigenvalue weighted by Crippen LogP contribution is -2.17. The van der Waals surface area contributed by atoms with Crippen molar-refractivity contribution in [2.75, 3.05) is 6.61 Å². The van der Waals surface area contributed by atoms with Gasteiger partial charge < -0.3 is 4.74 Å². The number of hydrogen-bond acceptors (Lipinski definition) is 1. The van der Waals surface area contributed by atoms with Gasteiger partial charge in [-0.3, -0.25) is 0 Å². The van der Waals surface area contributed by atoms with E-state index in [2.05, 4.69) is 38.4 Å². The molecule has 1 aliphatic rings. The molecule has 0 spiro atoms. The molecule has 1 fully saturated rings. The molecule has 0 aromatic heterocycles. The summed E-state index contributed by atoms with van der Waals surface area (Å²) in [6.07, 6.45) is 12.2. The normalized spacial score (nSPS) is 21.7. The Labute approximate surface area is 108 Å². The van der Waals surface area contributed by atoms with Crippen molar-refractivity contribution in [1.82, 2.24) is 0 Å². The van der Waals surface area contributed by atoms with Crippen molar-refractivity contribution in [1.29, 1.82) is 0 Å². The molecule has 0 radical (unpaired) electrons. The zero-order valence-corrected chi connectivity index (χ0v) is 12.7. The number of allylic oxidation sites excluding steroid dienone is 3. The average molecular weight is 252 g/mol. The first-order chi connectivity index (χ1) is 8.03. The molecule has 1 heterocycles. The third-order valence-corrected chi connectivity index (χ3v) is 4.69. The molecule has 17 heavy (non-hydrogen) atoms. The van der Waals surface area contributed by atoms with E-state index in [-0.39, 0.29) is 0 Å². The van der Waals surface area contributed by atoms with Gasteiger partial charge in [-0.15, -0.1) is 6.58 Å². The molecule has 2 heteroatoms. The summed E-state index contributed by atoms with van der Waals surface area (Å²) < 4.78 is 5.43. The standard InChI is InChI=1S/C15H28OSi/c1-5-6-10-14(15-13-16-15)11-8-7-9-12-17(2,3)4/h5,7,9,14-15H,1,6,8,10-13H2,2-4H3/b9-7-. The van der Waals surface area contributed by atoms with Gasteiger partial charge in [-0.25, -0.2) is 0 Å². The van der Waals surface area contributed by atoms with Crippen LogP contribution in [0.3, 0.4) is 0 Å². The van der Waals surface area contributed by atoms with Crippen molar-refractivity contribution in [3.05, 3.63) is 24.8 Å². The van der Waals surface area contributed by atoms with Crippen LogP contribution < -0.4 is 0 Å². The van der Waals surface area contributed by atoms with Crippen LogP contribution in [0.1, 0.15) is 25.7 Å². The lowest BCUT2D eigenvalue weighted by Gasteiger charge is -2.13. The van der Waals surface area contributed by atoms with Gasteiger partial charge in [-0.1, -0.05) is 37.9 Å². The van der Waals surface area contributed by atoms with E-state index in [1.165, 1.54) is 25.3 Å². The van der Waals surface area contributed by atoms with Crippen LogP contribution in [0.4, 0.5) is 0 Å². The van der Waals surface area contributed by atoms with E-state index in [9.17, 15) is 0 Å². The van der Waals surface area contributed by atoms with Crippen molar-refractivity contribution in [3.8, 4) is 0 Å². The number of rotatable bonds is 9. The summed E-state index contributed by atoms with van der Waals surface area (Å²) in [6, 6.07) is 1.31. The Morgan fingerprint density at radius 3 is 2.41 bits per heavy atom. The number of ether oxygens (including phenoxy) is 1. The molecular formula is C15H28OSi. The van der Waals surface area contributed by atoms with Gasteiger partial charge in [-0.05, 0) is 37.6 Å². The van der Waals surface area contributed by atoms with Crippen molar-refractivity contribution in [3.63, 3.8) is 0 Å². The fraction of sp³-hybridized carbons (Fsp3) is 0.733. The van der Waals surface area contributed by atoms with Crippen molar-refractivity contribution in [2.24, 2.45) is 5.92 Å². The molecule has 1 nitrogen and oxygen atoms in total. The van der Waals surface area contributed by atoms with Gasteiger partial charge in [0.1, 0.15) is 0 Å². The third kappa shape index (κ3) is 7.56. The van der Waals surface area contributed by atoms with E-state index < -0.39 is 8.07 Å². The molecular weight excluding hydrogens is 224 g/mol. The Balaban J connectivity index is 2.16. The minimum absolute atomic E-state index is 0.556. The van der Waals surface area contributed by atoms with Gasteiger partial charge in [0, 0.05) is 8.07 Å². The Morgan fingerprint density at radius 1 is 1.24 bits per heavy atom. The molecule has 1 rings (SSSR count). The van der Waals surface area contributed by atoms with Gasteiger partial charge in [0.05, 0.1) is 12.7 Å². The van der Waals surface area contributed by atoms with Crippen LogP contribution in [-0.4, -0.2) is 20.8 Å². The van der Waals surface area contributed by atoms with E-state index in [1.807, 2.05) is 6.08 Å². The highest BCUT2D eigenvalue weighted by atomic mass is 28.3. The number of epoxide rings is 1. The molecule has 98 valence electrons. The Kier molecular flexibility index (Phi) is 6.21. The largest absolute Gasteiger partial charge is 0.373 e. The average Bonchev–Trinajstić information content (AvgIpc) is 3.04. The van der Waals surface area contributed by atoms with Gasteiger partial charge >= 0.3 is 0 Å². The van der Waals surface area contributed by atoms with Crippen LogP contribution in [0.2, 0.25) is 25.7 Å². The monoisotopic (exact) mass is 252 g/mol. The van der Waals surface area contributed by atoms with Crippen LogP contribution in [0.25, 0.3) is 0 Å². The zero-order chi connectivity index (χ0) is 12.7. The van der Waals surface area contributed by atoms with Crippen LogP contribution >= 0.6 is 0 Å². The second kappa shape index (κ2) is 7.17.